The van der Waals surface area contributed by atoms with Crippen molar-refractivity contribution in [2.24, 2.45) is 0 Å². The van der Waals surface area contributed by atoms with Gasteiger partial charge in [0, 0.05) is 18.7 Å². The Hall–Kier alpha value is -1.39. The summed E-state index contributed by atoms with van der Waals surface area (Å²) >= 11 is 0. The van der Waals surface area contributed by atoms with Crippen LogP contribution in [0, 0.1) is 0 Å². The molecule has 0 aromatic heterocycles. The molecular weight excluding hydrogens is 216 g/mol. The van der Waals surface area contributed by atoms with Crippen LogP contribution >= 0.6 is 0 Å². The van der Waals surface area contributed by atoms with Gasteiger partial charge in [-0.15, -0.1) is 0 Å². The Balaban J connectivity index is 2.18. The van der Waals surface area contributed by atoms with E-state index in [0.717, 1.165) is 12.1 Å². The van der Waals surface area contributed by atoms with Gasteiger partial charge in [0.2, 0.25) is 5.91 Å². The number of benzene rings is 1. The van der Waals surface area contributed by atoms with Crippen molar-refractivity contribution < 1.29 is 9.90 Å². The second kappa shape index (κ2) is 5.29. The molecule has 17 heavy (non-hydrogen) atoms. The summed E-state index contributed by atoms with van der Waals surface area (Å²) in [6.07, 6.45) is 0.798. The van der Waals surface area contributed by atoms with Crippen molar-refractivity contribution in [3.8, 4) is 0 Å². The Morgan fingerprint density at radius 3 is 2.94 bits per heavy atom. The fourth-order valence-electron chi connectivity index (χ4n) is 2.21. The molecule has 4 heteroatoms. The van der Waals surface area contributed by atoms with Gasteiger partial charge in [-0.25, -0.2) is 0 Å². The number of carbonyl (C=O) groups excluding carboxylic acids is 1. The number of aryl methyl sites for hydroxylation is 1. The van der Waals surface area contributed by atoms with E-state index in [4.69, 9.17) is 0 Å². The Morgan fingerprint density at radius 2 is 2.18 bits per heavy atom. The minimum absolute atomic E-state index is 0.0962. The molecule has 0 fully saturated rings. The fourth-order valence-corrected chi connectivity index (χ4v) is 2.21. The molecule has 1 unspecified atom stereocenters. The zero-order chi connectivity index (χ0) is 12.3. The monoisotopic (exact) mass is 234 g/mol. The van der Waals surface area contributed by atoms with E-state index in [1.165, 1.54) is 5.56 Å². The highest BCUT2D eigenvalue weighted by molar-refractivity contribution is 5.96. The predicted molar refractivity (Wildman–Crippen MR) is 67.0 cm³/mol. The van der Waals surface area contributed by atoms with Crippen LogP contribution in [-0.4, -0.2) is 37.3 Å². The summed E-state index contributed by atoms with van der Waals surface area (Å²) < 4.78 is 0. The zero-order valence-electron chi connectivity index (χ0n) is 10.0. The zero-order valence-corrected chi connectivity index (χ0v) is 10.0. The van der Waals surface area contributed by atoms with Crippen LogP contribution in [0.25, 0.3) is 0 Å². The summed E-state index contributed by atoms with van der Waals surface area (Å²) in [5.41, 5.74) is 2.13. The number of nitrogens with one attached hydrogen (secondary N) is 1. The summed E-state index contributed by atoms with van der Waals surface area (Å²) in [6.45, 7) is 0.850. The molecule has 0 saturated heterocycles. The van der Waals surface area contributed by atoms with Crippen molar-refractivity contribution in [1.29, 1.82) is 0 Å². The fraction of sp³-hybridized carbons (Fsp3) is 0.462. The standard InChI is InChI=1S/C13H18N2O2/c1-14-8-11(16)9-15-12-5-3-2-4-10(12)6-7-13(15)17/h2-5,11,14,16H,6-9H2,1H3. The molecule has 1 aliphatic heterocycles. The summed E-state index contributed by atoms with van der Waals surface area (Å²) in [4.78, 5) is 13.6. The quantitative estimate of drug-likeness (QED) is 0.799. The minimum atomic E-state index is -0.532. The van der Waals surface area contributed by atoms with Gasteiger partial charge in [-0.2, -0.15) is 0 Å². The van der Waals surface area contributed by atoms with E-state index in [0.29, 0.717) is 19.5 Å². The number of aliphatic hydroxyl groups excluding tert-OH is 1. The first-order chi connectivity index (χ1) is 8.22. The third-order valence-corrected chi connectivity index (χ3v) is 3.02. The summed E-state index contributed by atoms with van der Waals surface area (Å²) in [5, 5.41) is 12.7. The number of nitrogens with zero attached hydrogens (tertiary/aromatic N) is 1. The van der Waals surface area contributed by atoms with Crippen LogP contribution in [-0.2, 0) is 11.2 Å². The normalized spacial score (nSPS) is 16.8. The number of carbonyl (C=O) groups is 1. The van der Waals surface area contributed by atoms with E-state index >= 15 is 0 Å². The number of fused-ring (bicyclic) bond motifs is 1. The van der Waals surface area contributed by atoms with Crippen molar-refractivity contribution in [3.05, 3.63) is 29.8 Å². The number of β-amino-alcohol motifs (C(OH)–C–C–N with tert-alkyl or cyclic N) is 1. The molecule has 1 amide bonds. The average molecular weight is 234 g/mol. The van der Waals surface area contributed by atoms with Crippen LogP contribution in [0.1, 0.15) is 12.0 Å². The van der Waals surface area contributed by atoms with Gasteiger partial charge in [-0.3, -0.25) is 4.79 Å². The maximum Gasteiger partial charge on any atom is 0.227 e. The van der Waals surface area contributed by atoms with Crippen molar-refractivity contribution in [2.45, 2.75) is 18.9 Å². The van der Waals surface area contributed by atoms with Crippen LogP contribution in [0.15, 0.2) is 24.3 Å². The maximum atomic E-state index is 11.9. The van der Waals surface area contributed by atoms with Gasteiger partial charge >= 0.3 is 0 Å². The van der Waals surface area contributed by atoms with Crippen molar-refractivity contribution in [2.75, 3.05) is 25.0 Å². The molecule has 1 atom stereocenters. The summed E-state index contributed by atoms with van der Waals surface area (Å²) in [5.74, 6) is 0.0962. The molecule has 1 aliphatic rings. The number of likely N-dealkylation sites (N-methyl/N-ethyl adjacent to an activating group) is 1. The van der Waals surface area contributed by atoms with Gasteiger partial charge in [0.25, 0.3) is 0 Å². The highest BCUT2D eigenvalue weighted by Crippen LogP contribution is 2.27. The van der Waals surface area contributed by atoms with Gasteiger partial charge in [-0.05, 0) is 25.1 Å². The van der Waals surface area contributed by atoms with Gasteiger partial charge in [0.1, 0.15) is 0 Å². The molecule has 0 bridgehead atoms. The molecule has 0 spiro atoms. The van der Waals surface area contributed by atoms with E-state index in [9.17, 15) is 9.90 Å². The molecule has 1 aromatic carbocycles. The number of anilines is 1. The lowest BCUT2D eigenvalue weighted by Crippen LogP contribution is -2.43. The molecule has 0 aliphatic carbocycles. The van der Waals surface area contributed by atoms with Crippen LogP contribution in [0.4, 0.5) is 5.69 Å². The molecule has 0 saturated carbocycles. The molecular formula is C13H18N2O2. The topological polar surface area (TPSA) is 52.6 Å². The second-order valence-corrected chi connectivity index (χ2v) is 4.34. The van der Waals surface area contributed by atoms with Crippen LogP contribution in [0.3, 0.4) is 0 Å². The first kappa shape index (κ1) is 12.1. The predicted octanol–water partition coefficient (Wildman–Crippen LogP) is 0.546. The van der Waals surface area contributed by atoms with Gasteiger partial charge in [0.15, 0.2) is 0 Å². The number of rotatable bonds is 4. The van der Waals surface area contributed by atoms with Crippen molar-refractivity contribution in [1.82, 2.24) is 5.32 Å². The molecule has 2 N–H and O–H groups in total. The summed E-state index contributed by atoms with van der Waals surface area (Å²) in [6, 6.07) is 7.89. The number of amides is 1. The Labute approximate surface area is 101 Å². The molecule has 1 heterocycles. The van der Waals surface area contributed by atoms with Crippen molar-refractivity contribution in [3.63, 3.8) is 0 Å². The maximum absolute atomic E-state index is 11.9. The van der Waals surface area contributed by atoms with E-state index in [-0.39, 0.29) is 5.91 Å². The molecule has 0 radical (unpaired) electrons. The Morgan fingerprint density at radius 1 is 1.41 bits per heavy atom. The molecule has 92 valence electrons. The smallest absolute Gasteiger partial charge is 0.227 e. The number of hydrogen-bond donors (Lipinski definition) is 2. The van der Waals surface area contributed by atoms with E-state index in [2.05, 4.69) is 5.32 Å². The van der Waals surface area contributed by atoms with Crippen LogP contribution in [0.2, 0.25) is 0 Å². The van der Waals surface area contributed by atoms with E-state index in [1.807, 2.05) is 24.3 Å². The number of hydrogen-bond acceptors (Lipinski definition) is 3. The van der Waals surface area contributed by atoms with Crippen molar-refractivity contribution >= 4 is 11.6 Å². The third-order valence-electron chi connectivity index (χ3n) is 3.02. The molecule has 4 nitrogen and oxygen atoms in total. The Kier molecular flexibility index (Phi) is 3.76. The first-order valence-electron chi connectivity index (χ1n) is 5.93. The lowest BCUT2D eigenvalue weighted by molar-refractivity contribution is -0.119. The first-order valence-corrected chi connectivity index (χ1v) is 5.93. The average Bonchev–Trinajstić information content (AvgIpc) is 2.33. The van der Waals surface area contributed by atoms with Crippen LogP contribution in [0.5, 0.6) is 0 Å². The second-order valence-electron chi connectivity index (χ2n) is 4.34. The number of aliphatic hydroxyl groups is 1. The van der Waals surface area contributed by atoms with Gasteiger partial charge in [0.05, 0.1) is 12.6 Å². The third kappa shape index (κ3) is 2.65. The van der Waals surface area contributed by atoms with E-state index in [1.54, 1.807) is 11.9 Å². The van der Waals surface area contributed by atoms with Gasteiger partial charge in [-0.1, -0.05) is 18.2 Å². The SMILES string of the molecule is CNCC(O)CN1C(=O)CCc2ccccc21. The summed E-state index contributed by atoms with van der Waals surface area (Å²) in [7, 11) is 1.79. The molecule has 1 aromatic rings. The highest BCUT2D eigenvalue weighted by atomic mass is 16.3. The number of para-hydroxylation sites is 1. The minimum Gasteiger partial charge on any atom is -0.390 e. The lowest BCUT2D eigenvalue weighted by atomic mass is 10.0. The van der Waals surface area contributed by atoms with E-state index < -0.39 is 6.10 Å². The molecule has 2 rings (SSSR count). The Bertz CT molecular complexity index is 406. The van der Waals surface area contributed by atoms with Gasteiger partial charge < -0.3 is 15.3 Å². The largest absolute Gasteiger partial charge is 0.390 e. The lowest BCUT2D eigenvalue weighted by Gasteiger charge is -2.31. The highest BCUT2D eigenvalue weighted by Gasteiger charge is 2.25. The van der Waals surface area contributed by atoms with Crippen LogP contribution < -0.4 is 10.2 Å².